The molecule has 0 saturated carbocycles. The van der Waals surface area contributed by atoms with Gasteiger partial charge in [-0.05, 0) is 49.7 Å². The minimum Gasteiger partial charge on any atom is -0.0802 e. The molecule has 0 heterocycles. The summed E-state index contributed by atoms with van der Waals surface area (Å²) in [4.78, 5) is 0. The summed E-state index contributed by atoms with van der Waals surface area (Å²) in [6.45, 7) is 19.2. The number of hydrogen-bond donors (Lipinski definition) is 0. The summed E-state index contributed by atoms with van der Waals surface area (Å²) in [6.07, 6.45) is 16.7. The van der Waals surface area contributed by atoms with E-state index in [2.05, 4.69) is 58.9 Å². The number of rotatable bonds is 5. The molecule has 0 saturated heterocycles. The molecule has 0 fully saturated rings. The summed E-state index contributed by atoms with van der Waals surface area (Å²) in [5, 5.41) is 0. The molecular formula is C24H44. The maximum atomic E-state index is 2.34. The second-order valence-electron chi connectivity index (χ2n) is 6.22. The van der Waals surface area contributed by atoms with Crippen molar-refractivity contribution in [3.63, 3.8) is 0 Å². The first-order chi connectivity index (χ1) is 11.6. The van der Waals surface area contributed by atoms with Gasteiger partial charge in [-0.2, -0.15) is 0 Å². The Kier molecular flexibility index (Phi) is 17.6. The number of unbranched alkanes of at least 4 members (excludes halogenated alkanes) is 1. The molecule has 0 bridgehead atoms. The van der Waals surface area contributed by atoms with Crippen LogP contribution < -0.4 is 0 Å². The average Bonchev–Trinajstić information content (AvgIpc) is 3.25. The van der Waals surface area contributed by atoms with Crippen LogP contribution in [0, 0.1) is 5.92 Å². The molecule has 0 heteroatoms. The van der Waals surface area contributed by atoms with Crippen LogP contribution in [0.3, 0.4) is 0 Å². The van der Waals surface area contributed by atoms with E-state index in [0.717, 1.165) is 0 Å². The molecule has 0 aliphatic heterocycles. The molecule has 2 rings (SSSR count). The molecule has 0 unspecified atom stereocenters. The van der Waals surface area contributed by atoms with Crippen molar-refractivity contribution in [1.29, 1.82) is 0 Å². The lowest BCUT2D eigenvalue weighted by molar-refractivity contribution is 0.736. The fourth-order valence-electron chi connectivity index (χ4n) is 2.63. The van der Waals surface area contributed by atoms with E-state index in [1.807, 2.05) is 27.7 Å². The number of allylic oxidation sites excluding steroid dienone is 8. The van der Waals surface area contributed by atoms with Gasteiger partial charge in [0, 0.05) is 0 Å². The molecule has 0 aromatic rings. The molecule has 2 aliphatic carbocycles. The Morgan fingerprint density at radius 1 is 0.792 bits per heavy atom. The van der Waals surface area contributed by atoms with E-state index in [-0.39, 0.29) is 0 Å². The quantitative estimate of drug-likeness (QED) is 0.471. The molecule has 0 amide bonds. The highest BCUT2D eigenvalue weighted by atomic mass is 14.2. The van der Waals surface area contributed by atoms with Crippen molar-refractivity contribution in [2.75, 3.05) is 0 Å². The highest BCUT2D eigenvalue weighted by Crippen LogP contribution is 2.31. The van der Waals surface area contributed by atoms with Gasteiger partial charge in [0.25, 0.3) is 0 Å². The molecule has 0 nitrogen and oxygen atoms in total. The van der Waals surface area contributed by atoms with E-state index in [1.165, 1.54) is 38.5 Å². The summed E-state index contributed by atoms with van der Waals surface area (Å²) < 4.78 is 0. The second kappa shape index (κ2) is 16.8. The molecule has 0 N–H and O–H groups in total. The van der Waals surface area contributed by atoms with E-state index >= 15 is 0 Å². The minimum atomic E-state index is 0.708. The van der Waals surface area contributed by atoms with Crippen molar-refractivity contribution in [3.05, 3.63) is 46.6 Å². The van der Waals surface area contributed by atoms with Gasteiger partial charge in [-0.1, -0.05) is 104 Å². The molecule has 0 aromatic carbocycles. The summed E-state index contributed by atoms with van der Waals surface area (Å²) in [5.41, 5.74) is 6.38. The van der Waals surface area contributed by atoms with Gasteiger partial charge in [0.05, 0.1) is 0 Å². The third-order valence-corrected chi connectivity index (χ3v) is 4.22. The van der Waals surface area contributed by atoms with Crippen LogP contribution in [0.2, 0.25) is 0 Å². The van der Waals surface area contributed by atoms with Gasteiger partial charge in [-0.15, -0.1) is 0 Å². The molecule has 0 aromatic heterocycles. The Balaban J connectivity index is 0. The predicted molar refractivity (Wildman–Crippen MR) is 115 cm³/mol. The highest BCUT2D eigenvalue weighted by molar-refractivity contribution is 5.38. The van der Waals surface area contributed by atoms with E-state index in [4.69, 9.17) is 0 Å². The van der Waals surface area contributed by atoms with Crippen LogP contribution in [0.5, 0.6) is 0 Å². The molecule has 0 atom stereocenters. The normalized spacial score (nSPS) is 14.9. The Morgan fingerprint density at radius 3 is 1.67 bits per heavy atom. The summed E-state index contributed by atoms with van der Waals surface area (Å²) in [7, 11) is 0. The monoisotopic (exact) mass is 332 g/mol. The first-order valence-corrected chi connectivity index (χ1v) is 10.3. The fraction of sp³-hybridized carbons (Fsp3) is 0.667. The molecule has 140 valence electrons. The van der Waals surface area contributed by atoms with Crippen LogP contribution in [0.25, 0.3) is 0 Å². The largest absolute Gasteiger partial charge is 0.0802 e. The van der Waals surface area contributed by atoms with E-state index in [1.54, 1.807) is 22.3 Å². The van der Waals surface area contributed by atoms with Crippen LogP contribution in [0.1, 0.15) is 101 Å². The predicted octanol–water partition coefficient (Wildman–Crippen LogP) is 8.81. The maximum Gasteiger partial charge on any atom is -0.0127 e. The smallest absolute Gasteiger partial charge is 0.0127 e. The van der Waals surface area contributed by atoms with Gasteiger partial charge in [0.2, 0.25) is 0 Å². The first kappa shape index (κ1) is 25.2. The van der Waals surface area contributed by atoms with Gasteiger partial charge >= 0.3 is 0 Å². The highest BCUT2D eigenvalue weighted by Gasteiger charge is 2.13. The fourth-order valence-corrected chi connectivity index (χ4v) is 2.63. The van der Waals surface area contributed by atoms with Crippen LogP contribution >= 0.6 is 0 Å². The van der Waals surface area contributed by atoms with Crippen molar-refractivity contribution in [2.45, 2.75) is 101 Å². The SMILES string of the molecule is CC.CC.CC1=C(CCC2=C(C(C)C)CC=C2)C=CC1.CCCC. The van der Waals surface area contributed by atoms with Crippen molar-refractivity contribution >= 4 is 0 Å². The van der Waals surface area contributed by atoms with Crippen LogP contribution in [0.15, 0.2) is 46.6 Å². The van der Waals surface area contributed by atoms with Crippen LogP contribution in [-0.4, -0.2) is 0 Å². The van der Waals surface area contributed by atoms with Crippen LogP contribution in [-0.2, 0) is 0 Å². The Hall–Kier alpha value is -1.04. The lowest BCUT2D eigenvalue weighted by atomic mass is 9.94. The van der Waals surface area contributed by atoms with E-state index in [0.29, 0.717) is 5.92 Å². The summed E-state index contributed by atoms with van der Waals surface area (Å²) in [5.74, 6) is 0.708. The lowest BCUT2D eigenvalue weighted by Crippen LogP contribution is -1.95. The van der Waals surface area contributed by atoms with Crippen molar-refractivity contribution in [3.8, 4) is 0 Å². The van der Waals surface area contributed by atoms with Gasteiger partial charge in [-0.25, -0.2) is 0 Å². The summed E-state index contributed by atoms with van der Waals surface area (Å²) >= 11 is 0. The Morgan fingerprint density at radius 2 is 1.25 bits per heavy atom. The molecule has 0 spiro atoms. The van der Waals surface area contributed by atoms with E-state index < -0.39 is 0 Å². The van der Waals surface area contributed by atoms with Crippen molar-refractivity contribution in [2.24, 2.45) is 5.92 Å². The maximum absolute atomic E-state index is 2.34. The second-order valence-corrected chi connectivity index (χ2v) is 6.22. The minimum absolute atomic E-state index is 0.708. The summed E-state index contributed by atoms with van der Waals surface area (Å²) in [6, 6.07) is 0. The van der Waals surface area contributed by atoms with Crippen LogP contribution in [0.4, 0.5) is 0 Å². The molecule has 0 radical (unpaired) electrons. The zero-order valence-corrected chi connectivity index (χ0v) is 18.1. The van der Waals surface area contributed by atoms with E-state index in [9.17, 15) is 0 Å². The number of hydrogen-bond acceptors (Lipinski definition) is 0. The van der Waals surface area contributed by atoms with Gasteiger partial charge in [0.1, 0.15) is 0 Å². The van der Waals surface area contributed by atoms with Gasteiger partial charge < -0.3 is 0 Å². The average molecular weight is 333 g/mol. The Labute approximate surface area is 153 Å². The third kappa shape index (κ3) is 9.96. The first-order valence-electron chi connectivity index (χ1n) is 10.3. The Bertz CT molecular complexity index is 411. The van der Waals surface area contributed by atoms with Gasteiger partial charge in [0.15, 0.2) is 0 Å². The molecular weight excluding hydrogens is 288 g/mol. The van der Waals surface area contributed by atoms with Crippen molar-refractivity contribution < 1.29 is 0 Å². The molecule has 2 aliphatic rings. The standard InChI is InChI=1S/C16H22.C4H10.2C2H6/c1-12(2)16-9-5-8-15(16)11-10-14-7-4-6-13(14)3;1-3-4-2;2*1-2/h4-5,7-8,12H,6,9-11H2,1-3H3;3-4H2,1-2H3;2*1-2H3. The lowest BCUT2D eigenvalue weighted by Gasteiger charge is -2.11. The molecule has 24 heavy (non-hydrogen) atoms. The topological polar surface area (TPSA) is 0 Å². The third-order valence-electron chi connectivity index (χ3n) is 4.22. The van der Waals surface area contributed by atoms with Crippen molar-refractivity contribution in [1.82, 2.24) is 0 Å². The zero-order chi connectivity index (χ0) is 19.0. The zero-order valence-electron chi connectivity index (χ0n) is 18.1. The van der Waals surface area contributed by atoms with Gasteiger partial charge in [-0.3, -0.25) is 0 Å².